The Kier molecular flexibility index (Phi) is 3.66. The van der Waals surface area contributed by atoms with E-state index in [1.54, 1.807) is 17.8 Å². The van der Waals surface area contributed by atoms with Crippen molar-refractivity contribution in [3.63, 3.8) is 0 Å². The van der Waals surface area contributed by atoms with Crippen LogP contribution in [0.5, 0.6) is 0 Å². The number of nitrogens with one attached hydrogen (secondary N) is 1. The monoisotopic (exact) mass is 282 g/mol. The predicted molar refractivity (Wildman–Crippen MR) is 76.4 cm³/mol. The van der Waals surface area contributed by atoms with Crippen molar-refractivity contribution in [2.45, 2.75) is 19.8 Å². The van der Waals surface area contributed by atoms with Gasteiger partial charge in [-0.25, -0.2) is 4.39 Å². The minimum Gasteiger partial charge on any atom is -0.394 e. The second kappa shape index (κ2) is 5.09. The summed E-state index contributed by atoms with van der Waals surface area (Å²) < 4.78 is 14.7. The molecule has 6 heteroatoms. The summed E-state index contributed by atoms with van der Waals surface area (Å²) in [6.45, 7) is 4.04. The van der Waals surface area contributed by atoms with Crippen molar-refractivity contribution >= 4 is 28.8 Å². The van der Waals surface area contributed by atoms with E-state index in [-0.39, 0.29) is 11.7 Å². The summed E-state index contributed by atoms with van der Waals surface area (Å²) in [5.41, 5.74) is 8.06. The molecule has 0 fully saturated rings. The van der Waals surface area contributed by atoms with Crippen molar-refractivity contribution < 1.29 is 4.39 Å². The first-order chi connectivity index (χ1) is 8.90. The Morgan fingerprint density at radius 3 is 2.63 bits per heavy atom. The third-order valence-corrected chi connectivity index (χ3v) is 3.16. The van der Waals surface area contributed by atoms with Crippen LogP contribution in [0.15, 0.2) is 18.2 Å². The fourth-order valence-electron chi connectivity index (χ4n) is 1.85. The fourth-order valence-corrected chi connectivity index (χ4v) is 2.07. The van der Waals surface area contributed by atoms with Crippen molar-refractivity contribution in [3.05, 3.63) is 34.7 Å². The van der Waals surface area contributed by atoms with Gasteiger partial charge in [0.2, 0.25) is 0 Å². The molecule has 0 aliphatic heterocycles. The first-order valence-electron chi connectivity index (χ1n) is 5.94. The Morgan fingerprint density at radius 2 is 2.11 bits per heavy atom. The van der Waals surface area contributed by atoms with E-state index in [9.17, 15) is 4.39 Å². The van der Waals surface area contributed by atoms with Crippen LogP contribution in [-0.4, -0.2) is 9.78 Å². The molecule has 0 aliphatic carbocycles. The Labute approximate surface area is 116 Å². The van der Waals surface area contributed by atoms with Crippen molar-refractivity contribution in [3.8, 4) is 0 Å². The van der Waals surface area contributed by atoms with Crippen LogP contribution in [0.2, 0.25) is 5.02 Å². The SMILES string of the molecule is CC(C)c1nn(C)c(Nc2ccc(F)cc2Cl)c1N. The standard InChI is InChI=1S/C13H16ClFN4/c1-7(2)12-11(16)13(19(3)18-12)17-10-5-4-8(15)6-9(10)14/h4-7,17H,16H2,1-3H3. The van der Waals surface area contributed by atoms with Crippen LogP contribution >= 0.6 is 11.6 Å². The van der Waals surface area contributed by atoms with E-state index in [4.69, 9.17) is 17.3 Å². The molecule has 19 heavy (non-hydrogen) atoms. The lowest BCUT2D eigenvalue weighted by molar-refractivity contribution is 0.628. The minimum absolute atomic E-state index is 0.227. The number of benzene rings is 1. The number of aryl methyl sites for hydroxylation is 1. The van der Waals surface area contributed by atoms with Crippen LogP contribution in [0.1, 0.15) is 25.5 Å². The summed E-state index contributed by atoms with van der Waals surface area (Å²) in [7, 11) is 1.79. The average molecular weight is 283 g/mol. The highest BCUT2D eigenvalue weighted by Gasteiger charge is 2.16. The normalized spacial score (nSPS) is 11.1. The number of halogens is 2. The topological polar surface area (TPSA) is 55.9 Å². The first-order valence-corrected chi connectivity index (χ1v) is 6.32. The van der Waals surface area contributed by atoms with Crippen LogP contribution in [0, 0.1) is 5.82 Å². The van der Waals surface area contributed by atoms with Gasteiger partial charge in [0.25, 0.3) is 0 Å². The van der Waals surface area contributed by atoms with Crippen LogP contribution in [-0.2, 0) is 7.05 Å². The largest absolute Gasteiger partial charge is 0.394 e. The Balaban J connectivity index is 2.38. The number of nitrogens with two attached hydrogens (primary N) is 1. The summed E-state index contributed by atoms with van der Waals surface area (Å²) in [6.07, 6.45) is 0. The Hall–Kier alpha value is -1.75. The summed E-state index contributed by atoms with van der Waals surface area (Å²) in [5, 5.41) is 7.75. The molecule has 0 spiro atoms. The zero-order chi connectivity index (χ0) is 14.2. The van der Waals surface area contributed by atoms with Crippen molar-refractivity contribution in [1.29, 1.82) is 0 Å². The molecule has 0 radical (unpaired) electrons. The maximum atomic E-state index is 13.0. The summed E-state index contributed by atoms with van der Waals surface area (Å²) in [4.78, 5) is 0. The number of rotatable bonds is 3. The van der Waals surface area contributed by atoms with Crippen molar-refractivity contribution in [2.24, 2.45) is 7.05 Å². The molecule has 0 amide bonds. The minimum atomic E-state index is -0.378. The second-order valence-electron chi connectivity index (χ2n) is 4.67. The van der Waals surface area contributed by atoms with Gasteiger partial charge in [-0.1, -0.05) is 25.4 Å². The summed E-state index contributed by atoms with van der Waals surface area (Å²) in [5.74, 6) is 0.499. The van der Waals surface area contributed by atoms with E-state index >= 15 is 0 Å². The van der Waals surface area contributed by atoms with Crippen LogP contribution in [0.25, 0.3) is 0 Å². The van der Waals surface area contributed by atoms with E-state index in [1.165, 1.54) is 12.1 Å². The number of hydrogen-bond acceptors (Lipinski definition) is 3. The number of anilines is 3. The van der Waals surface area contributed by atoms with Crippen LogP contribution < -0.4 is 11.1 Å². The molecule has 102 valence electrons. The molecular weight excluding hydrogens is 267 g/mol. The van der Waals surface area contributed by atoms with Crippen LogP contribution in [0.3, 0.4) is 0 Å². The molecule has 2 aromatic rings. The van der Waals surface area contributed by atoms with Gasteiger partial charge in [-0.05, 0) is 24.1 Å². The van der Waals surface area contributed by atoms with Gasteiger partial charge in [0.05, 0.1) is 22.1 Å². The van der Waals surface area contributed by atoms with Crippen molar-refractivity contribution in [2.75, 3.05) is 11.1 Å². The molecule has 3 N–H and O–H groups in total. The van der Waals surface area contributed by atoms with E-state index in [0.717, 1.165) is 5.69 Å². The average Bonchev–Trinajstić information content (AvgIpc) is 2.60. The third-order valence-electron chi connectivity index (χ3n) is 2.84. The summed E-state index contributed by atoms with van der Waals surface area (Å²) >= 11 is 5.98. The highest BCUT2D eigenvalue weighted by Crippen LogP contribution is 2.32. The van der Waals surface area contributed by atoms with Gasteiger partial charge < -0.3 is 11.1 Å². The number of nitrogen functional groups attached to an aromatic ring is 1. The smallest absolute Gasteiger partial charge is 0.152 e. The molecule has 0 unspecified atom stereocenters. The highest BCUT2D eigenvalue weighted by atomic mass is 35.5. The maximum absolute atomic E-state index is 13.0. The molecule has 0 atom stereocenters. The van der Waals surface area contributed by atoms with E-state index in [2.05, 4.69) is 10.4 Å². The highest BCUT2D eigenvalue weighted by molar-refractivity contribution is 6.33. The van der Waals surface area contributed by atoms with Gasteiger partial charge in [-0.2, -0.15) is 5.10 Å². The second-order valence-corrected chi connectivity index (χ2v) is 5.08. The molecule has 1 aromatic heterocycles. The molecule has 1 aromatic carbocycles. The molecular formula is C13H16ClFN4. The van der Waals surface area contributed by atoms with E-state index < -0.39 is 0 Å². The fraction of sp³-hybridized carbons (Fsp3) is 0.308. The lowest BCUT2D eigenvalue weighted by Gasteiger charge is -2.09. The van der Waals surface area contributed by atoms with Crippen LogP contribution in [0.4, 0.5) is 21.6 Å². The van der Waals surface area contributed by atoms with Gasteiger partial charge in [0.15, 0.2) is 5.82 Å². The molecule has 0 bridgehead atoms. The molecule has 0 saturated heterocycles. The Morgan fingerprint density at radius 1 is 1.42 bits per heavy atom. The van der Waals surface area contributed by atoms with Gasteiger partial charge >= 0.3 is 0 Å². The molecule has 0 aliphatic rings. The quantitative estimate of drug-likeness (QED) is 0.903. The lowest BCUT2D eigenvalue weighted by Crippen LogP contribution is -2.01. The Bertz CT molecular complexity index is 607. The maximum Gasteiger partial charge on any atom is 0.152 e. The molecule has 0 saturated carbocycles. The van der Waals surface area contributed by atoms with E-state index in [0.29, 0.717) is 22.2 Å². The lowest BCUT2D eigenvalue weighted by atomic mass is 10.1. The van der Waals surface area contributed by atoms with Gasteiger partial charge in [0.1, 0.15) is 5.82 Å². The number of aromatic nitrogens is 2. The van der Waals surface area contributed by atoms with Gasteiger partial charge in [0, 0.05) is 7.05 Å². The molecule has 1 heterocycles. The number of nitrogens with zero attached hydrogens (tertiary/aromatic N) is 2. The zero-order valence-electron chi connectivity index (χ0n) is 11.0. The third kappa shape index (κ3) is 2.66. The summed E-state index contributed by atoms with van der Waals surface area (Å²) in [6, 6.07) is 4.16. The first kappa shape index (κ1) is 13.7. The predicted octanol–water partition coefficient (Wildman–Crippen LogP) is 3.66. The number of hydrogen-bond donors (Lipinski definition) is 2. The molecule has 2 rings (SSSR count). The van der Waals surface area contributed by atoms with Gasteiger partial charge in [-0.3, -0.25) is 4.68 Å². The zero-order valence-corrected chi connectivity index (χ0v) is 11.8. The van der Waals surface area contributed by atoms with Gasteiger partial charge in [-0.15, -0.1) is 0 Å². The molecule has 4 nitrogen and oxygen atoms in total. The van der Waals surface area contributed by atoms with E-state index in [1.807, 2.05) is 13.8 Å². The van der Waals surface area contributed by atoms with Crippen molar-refractivity contribution in [1.82, 2.24) is 9.78 Å².